The summed E-state index contributed by atoms with van der Waals surface area (Å²) in [5.41, 5.74) is 2.88. The maximum absolute atomic E-state index is 12.6. The molecule has 0 bridgehead atoms. The molecule has 0 spiro atoms. The van der Waals surface area contributed by atoms with Crippen molar-refractivity contribution in [2.75, 3.05) is 44.2 Å². The van der Waals surface area contributed by atoms with Gasteiger partial charge in [-0.05, 0) is 41.5 Å². The molecule has 0 aliphatic carbocycles. The largest absolute Gasteiger partial charge is 0.351 e. The minimum Gasteiger partial charge on any atom is -0.351 e. The molecule has 7 heteroatoms. The van der Waals surface area contributed by atoms with Gasteiger partial charge in [0.1, 0.15) is 0 Å². The second-order valence-corrected chi connectivity index (χ2v) is 9.57. The van der Waals surface area contributed by atoms with Crippen LogP contribution in [0.15, 0.2) is 54.6 Å². The average Bonchev–Trinajstić information content (AvgIpc) is 3.28. The van der Waals surface area contributed by atoms with Gasteiger partial charge < -0.3 is 10.2 Å². The van der Waals surface area contributed by atoms with E-state index in [9.17, 15) is 4.79 Å². The Balaban J connectivity index is 1.13. The minimum atomic E-state index is -0.0175. The fraction of sp³-hybridized carbons (Fsp3) is 0.280. The average molecular weight is 465 g/mol. The quantitative estimate of drug-likeness (QED) is 0.453. The van der Waals surface area contributed by atoms with Gasteiger partial charge in [-0.3, -0.25) is 9.69 Å². The first-order valence-electron chi connectivity index (χ1n) is 10.9. The molecule has 0 radical (unpaired) electrons. The number of halogens is 1. The van der Waals surface area contributed by atoms with E-state index in [1.807, 2.05) is 48.5 Å². The van der Waals surface area contributed by atoms with Crippen LogP contribution >= 0.6 is 22.9 Å². The SMILES string of the molecule is Cc1ccc(Cl)c2sc(N3CCN(CCNC(=O)c4ccc5ccccc5c4)CC3)nc12. The van der Waals surface area contributed by atoms with E-state index in [-0.39, 0.29) is 5.91 Å². The molecule has 3 aromatic carbocycles. The highest BCUT2D eigenvalue weighted by molar-refractivity contribution is 7.22. The van der Waals surface area contributed by atoms with Crippen LogP contribution in [-0.4, -0.2) is 55.1 Å². The molecule has 4 aromatic rings. The van der Waals surface area contributed by atoms with Crippen LogP contribution in [0.2, 0.25) is 5.02 Å². The van der Waals surface area contributed by atoms with Crippen molar-refractivity contribution in [3.63, 3.8) is 0 Å². The molecule has 1 aliphatic heterocycles. The van der Waals surface area contributed by atoms with E-state index >= 15 is 0 Å². The lowest BCUT2D eigenvalue weighted by atomic mass is 10.1. The standard InChI is InChI=1S/C25H25ClN4OS/c1-17-6-9-21(26)23-22(17)28-25(32-23)30-14-12-29(13-15-30)11-10-27-24(31)20-8-7-18-4-2-3-5-19(18)16-20/h2-9,16H,10-15H2,1H3,(H,27,31). The van der Waals surface area contributed by atoms with Gasteiger partial charge in [0.15, 0.2) is 5.13 Å². The van der Waals surface area contributed by atoms with Crippen molar-refractivity contribution in [3.05, 3.63) is 70.7 Å². The second kappa shape index (κ2) is 9.06. The molecule has 0 saturated carbocycles. The zero-order valence-electron chi connectivity index (χ0n) is 18.0. The lowest BCUT2D eigenvalue weighted by Gasteiger charge is -2.34. The van der Waals surface area contributed by atoms with Crippen LogP contribution in [0.5, 0.6) is 0 Å². The summed E-state index contributed by atoms with van der Waals surface area (Å²) < 4.78 is 1.07. The summed E-state index contributed by atoms with van der Waals surface area (Å²) in [6.45, 7) is 7.32. The van der Waals surface area contributed by atoms with E-state index in [0.717, 1.165) is 69.4 Å². The number of fused-ring (bicyclic) bond motifs is 2. The Morgan fingerprint density at radius 1 is 1.06 bits per heavy atom. The normalized spacial score (nSPS) is 14.9. The summed E-state index contributed by atoms with van der Waals surface area (Å²) in [5, 5.41) is 7.11. The molecular weight excluding hydrogens is 440 g/mol. The lowest BCUT2D eigenvalue weighted by molar-refractivity contribution is 0.0948. The summed E-state index contributed by atoms with van der Waals surface area (Å²) in [6.07, 6.45) is 0. The summed E-state index contributed by atoms with van der Waals surface area (Å²) >= 11 is 8.04. The number of carbonyl (C=O) groups is 1. The molecule has 1 N–H and O–H groups in total. The molecule has 0 atom stereocenters. The fourth-order valence-electron chi connectivity index (χ4n) is 4.15. The second-order valence-electron chi connectivity index (χ2n) is 8.18. The van der Waals surface area contributed by atoms with Gasteiger partial charge in [0.2, 0.25) is 0 Å². The van der Waals surface area contributed by atoms with E-state index in [1.165, 1.54) is 0 Å². The molecule has 5 nitrogen and oxygen atoms in total. The Kier molecular flexibility index (Phi) is 6.00. The molecule has 0 unspecified atom stereocenters. The van der Waals surface area contributed by atoms with E-state index in [1.54, 1.807) is 11.3 Å². The smallest absolute Gasteiger partial charge is 0.251 e. The van der Waals surface area contributed by atoms with Crippen molar-refractivity contribution in [2.45, 2.75) is 6.92 Å². The highest BCUT2D eigenvalue weighted by Gasteiger charge is 2.21. The van der Waals surface area contributed by atoms with E-state index < -0.39 is 0 Å². The number of rotatable bonds is 5. The number of piperazine rings is 1. The fourth-order valence-corrected chi connectivity index (χ4v) is 5.52. The Hall–Kier alpha value is -2.67. The number of carbonyl (C=O) groups excluding carboxylic acids is 1. The monoisotopic (exact) mass is 464 g/mol. The first kappa shape index (κ1) is 21.2. The van der Waals surface area contributed by atoms with Gasteiger partial charge in [0.25, 0.3) is 5.91 Å². The third-order valence-corrected chi connectivity index (χ3v) is 7.63. The Bertz CT molecular complexity index is 1240. The predicted octanol–water partition coefficient (Wildman–Crippen LogP) is 4.96. The molecular formula is C25H25ClN4OS. The van der Waals surface area contributed by atoms with Gasteiger partial charge in [0.05, 0.1) is 15.2 Å². The number of anilines is 1. The Morgan fingerprint density at radius 2 is 1.84 bits per heavy atom. The highest BCUT2D eigenvalue weighted by atomic mass is 35.5. The lowest BCUT2D eigenvalue weighted by Crippen LogP contribution is -2.48. The van der Waals surface area contributed by atoms with Crippen LogP contribution in [0, 0.1) is 6.92 Å². The Morgan fingerprint density at radius 3 is 2.62 bits per heavy atom. The first-order valence-corrected chi connectivity index (χ1v) is 12.1. The molecule has 1 aromatic heterocycles. The van der Waals surface area contributed by atoms with Crippen LogP contribution < -0.4 is 10.2 Å². The number of hydrogen-bond acceptors (Lipinski definition) is 5. The number of aromatic nitrogens is 1. The third-order valence-electron chi connectivity index (χ3n) is 6.05. The molecule has 5 rings (SSSR count). The number of benzene rings is 3. The Labute approximate surface area is 196 Å². The number of thiazole rings is 1. The summed E-state index contributed by atoms with van der Waals surface area (Å²) in [4.78, 5) is 22.1. The van der Waals surface area contributed by atoms with Crippen LogP contribution in [-0.2, 0) is 0 Å². The number of nitrogens with one attached hydrogen (secondary N) is 1. The summed E-state index contributed by atoms with van der Waals surface area (Å²) in [6, 6.07) is 17.9. The minimum absolute atomic E-state index is 0.0175. The van der Waals surface area contributed by atoms with Gasteiger partial charge in [-0.2, -0.15) is 0 Å². The predicted molar refractivity (Wildman–Crippen MR) is 134 cm³/mol. The number of nitrogens with zero attached hydrogens (tertiary/aromatic N) is 3. The van der Waals surface area contributed by atoms with Crippen LogP contribution in [0.3, 0.4) is 0 Å². The molecule has 2 heterocycles. The zero-order valence-corrected chi connectivity index (χ0v) is 19.5. The number of hydrogen-bond donors (Lipinski definition) is 1. The van der Waals surface area contributed by atoms with E-state index in [2.05, 4.69) is 28.1 Å². The van der Waals surface area contributed by atoms with Crippen molar-refractivity contribution in [3.8, 4) is 0 Å². The van der Waals surface area contributed by atoms with Crippen LogP contribution in [0.25, 0.3) is 21.0 Å². The number of amides is 1. The highest BCUT2D eigenvalue weighted by Crippen LogP contribution is 2.35. The van der Waals surface area contributed by atoms with Crippen molar-refractivity contribution < 1.29 is 4.79 Å². The van der Waals surface area contributed by atoms with Crippen molar-refractivity contribution in [2.24, 2.45) is 0 Å². The maximum atomic E-state index is 12.6. The zero-order chi connectivity index (χ0) is 22.1. The molecule has 1 saturated heterocycles. The van der Waals surface area contributed by atoms with Gasteiger partial charge >= 0.3 is 0 Å². The van der Waals surface area contributed by atoms with Gasteiger partial charge in [-0.1, -0.05) is 59.3 Å². The topological polar surface area (TPSA) is 48.5 Å². The molecule has 164 valence electrons. The van der Waals surface area contributed by atoms with Crippen LogP contribution in [0.4, 0.5) is 5.13 Å². The van der Waals surface area contributed by atoms with Crippen molar-refractivity contribution in [1.82, 2.24) is 15.2 Å². The number of aryl methyl sites for hydroxylation is 1. The molecule has 1 aliphatic rings. The summed E-state index contributed by atoms with van der Waals surface area (Å²) in [7, 11) is 0. The maximum Gasteiger partial charge on any atom is 0.251 e. The first-order chi connectivity index (χ1) is 15.6. The van der Waals surface area contributed by atoms with Crippen molar-refractivity contribution >= 4 is 55.0 Å². The van der Waals surface area contributed by atoms with Gasteiger partial charge in [0, 0.05) is 44.8 Å². The molecule has 1 amide bonds. The molecule has 32 heavy (non-hydrogen) atoms. The third kappa shape index (κ3) is 4.31. The molecule has 1 fully saturated rings. The van der Waals surface area contributed by atoms with Gasteiger partial charge in [-0.15, -0.1) is 0 Å². The van der Waals surface area contributed by atoms with E-state index in [0.29, 0.717) is 12.1 Å². The van der Waals surface area contributed by atoms with E-state index in [4.69, 9.17) is 16.6 Å². The summed E-state index contributed by atoms with van der Waals surface area (Å²) in [5.74, 6) is -0.0175. The van der Waals surface area contributed by atoms with Crippen molar-refractivity contribution in [1.29, 1.82) is 0 Å². The van der Waals surface area contributed by atoms with Gasteiger partial charge in [-0.25, -0.2) is 4.98 Å². The van der Waals surface area contributed by atoms with Crippen LogP contribution in [0.1, 0.15) is 15.9 Å².